The van der Waals surface area contributed by atoms with E-state index in [2.05, 4.69) is 0 Å². The second-order valence-electron chi connectivity index (χ2n) is 4.77. The summed E-state index contributed by atoms with van der Waals surface area (Å²) >= 11 is 0. The standard InChI is InChI=1S/C8H18F3NO5S2Si/c1-17-20(2,3)7-5-4-6-18(13,14)12-19(15,16)8(9,10)11/h12H,4-7H2,1-3H3. The van der Waals surface area contributed by atoms with Gasteiger partial charge >= 0.3 is 15.5 Å². The summed E-state index contributed by atoms with van der Waals surface area (Å²) in [6, 6.07) is 0.630. The molecular formula is C8H18F3NO5S2Si. The van der Waals surface area contributed by atoms with Crippen LogP contribution in [-0.4, -0.2) is 43.5 Å². The Labute approximate surface area is 117 Å². The average Bonchev–Trinajstić information content (AvgIpc) is 2.21. The van der Waals surface area contributed by atoms with Crippen molar-refractivity contribution in [1.82, 2.24) is 4.13 Å². The van der Waals surface area contributed by atoms with Gasteiger partial charge in [0.15, 0.2) is 8.32 Å². The van der Waals surface area contributed by atoms with Gasteiger partial charge < -0.3 is 4.43 Å². The first-order valence-electron chi connectivity index (χ1n) is 5.60. The molecule has 0 atom stereocenters. The van der Waals surface area contributed by atoms with Crippen LogP contribution in [0.4, 0.5) is 13.2 Å². The third kappa shape index (κ3) is 7.01. The van der Waals surface area contributed by atoms with Crippen LogP contribution in [0.25, 0.3) is 0 Å². The van der Waals surface area contributed by atoms with Crippen molar-refractivity contribution >= 4 is 28.4 Å². The Morgan fingerprint density at radius 3 is 2.00 bits per heavy atom. The van der Waals surface area contributed by atoms with Gasteiger partial charge in [0.05, 0.1) is 5.75 Å². The highest BCUT2D eigenvalue weighted by molar-refractivity contribution is 8.05. The normalized spacial score (nSPS) is 14.5. The lowest BCUT2D eigenvalue weighted by molar-refractivity contribution is -0.0441. The minimum atomic E-state index is -5.88. The van der Waals surface area contributed by atoms with Crippen molar-refractivity contribution in [3.05, 3.63) is 0 Å². The fraction of sp³-hybridized carbons (Fsp3) is 1.00. The molecule has 0 unspecified atom stereocenters. The summed E-state index contributed by atoms with van der Waals surface area (Å²) in [6.45, 7) is 3.82. The highest BCUT2D eigenvalue weighted by Gasteiger charge is 2.48. The fourth-order valence-corrected chi connectivity index (χ4v) is 5.14. The van der Waals surface area contributed by atoms with E-state index < -0.39 is 39.6 Å². The molecular weight excluding hydrogens is 339 g/mol. The Morgan fingerprint density at radius 1 is 1.10 bits per heavy atom. The zero-order chi connectivity index (χ0) is 16.2. The minimum Gasteiger partial charge on any atom is -0.420 e. The van der Waals surface area contributed by atoms with E-state index in [0.717, 1.165) is 0 Å². The van der Waals surface area contributed by atoms with Crippen LogP contribution in [0.1, 0.15) is 12.8 Å². The van der Waals surface area contributed by atoms with E-state index in [1.54, 1.807) is 7.11 Å². The second kappa shape index (κ2) is 6.73. The molecule has 122 valence electrons. The number of unbranched alkanes of at least 4 members (excludes halogenated alkanes) is 1. The lowest BCUT2D eigenvalue weighted by atomic mass is 10.4. The molecule has 0 saturated heterocycles. The Hall–Kier alpha value is -0.173. The number of hydrogen-bond acceptors (Lipinski definition) is 5. The van der Waals surface area contributed by atoms with Crippen molar-refractivity contribution in [3.63, 3.8) is 0 Å². The van der Waals surface area contributed by atoms with Crippen LogP contribution in [0.3, 0.4) is 0 Å². The van der Waals surface area contributed by atoms with Crippen LogP contribution >= 0.6 is 0 Å². The average molecular weight is 357 g/mol. The molecule has 12 heteroatoms. The van der Waals surface area contributed by atoms with Crippen LogP contribution < -0.4 is 4.13 Å². The van der Waals surface area contributed by atoms with Gasteiger partial charge in [0.25, 0.3) is 0 Å². The molecule has 0 aliphatic rings. The van der Waals surface area contributed by atoms with Crippen LogP contribution in [-0.2, 0) is 24.5 Å². The van der Waals surface area contributed by atoms with Crippen LogP contribution in [0, 0.1) is 0 Å². The molecule has 0 saturated carbocycles. The van der Waals surface area contributed by atoms with Gasteiger partial charge in [0.1, 0.15) is 0 Å². The Balaban J connectivity index is 4.44. The number of rotatable bonds is 8. The van der Waals surface area contributed by atoms with Crippen LogP contribution in [0.5, 0.6) is 0 Å². The van der Waals surface area contributed by atoms with E-state index in [4.69, 9.17) is 4.43 Å². The smallest absolute Gasteiger partial charge is 0.420 e. The van der Waals surface area contributed by atoms with E-state index in [-0.39, 0.29) is 6.42 Å². The molecule has 0 radical (unpaired) electrons. The van der Waals surface area contributed by atoms with Gasteiger partial charge in [-0.05, 0) is 25.6 Å². The quantitative estimate of drug-likeness (QED) is 0.524. The molecule has 0 amide bonds. The SMILES string of the molecule is CO[Si](C)(C)CCCCS(=O)(=O)NS(=O)(=O)C(F)(F)F. The first kappa shape index (κ1) is 19.8. The summed E-state index contributed by atoms with van der Waals surface area (Å²) in [7, 11) is -10.7. The predicted octanol–water partition coefficient (Wildman–Crippen LogP) is 1.39. The zero-order valence-electron chi connectivity index (χ0n) is 11.3. The minimum absolute atomic E-state index is 0.0580. The zero-order valence-corrected chi connectivity index (χ0v) is 14.0. The largest absolute Gasteiger partial charge is 0.512 e. The van der Waals surface area contributed by atoms with E-state index in [1.165, 1.54) is 0 Å². The first-order chi connectivity index (χ1) is 8.72. The Morgan fingerprint density at radius 2 is 1.60 bits per heavy atom. The van der Waals surface area contributed by atoms with E-state index >= 15 is 0 Å². The summed E-state index contributed by atoms with van der Waals surface area (Å²) in [5, 5.41) is 0. The van der Waals surface area contributed by atoms with Gasteiger partial charge in [-0.1, -0.05) is 6.42 Å². The van der Waals surface area contributed by atoms with E-state index in [0.29, 0.717) is 16.6 Å². The van der Waals surface area contributed by atoms with Gasteiger partial charge in [-0.2, -0.15) is 13.2 Å². The second-order valence-corrected chi connectivity index (χ2v) is 13.0. The highest BCUT2D eigenvalue weighted by atomic mass is 32.3. The molecule has 0 bridgehead atoms. The fourth-order valence-electron chi connectivity index (χ4n) is 1.20. The monoisotopic (exact) mass is 357 g/mol. The van der Waals surface area contributed by atoms with Crippen LogP contribution in [0.15, 0.2) is 0 Å². The van der Waals surface area contributed by atoms with Crippen molar-refractivity contribution in [2.24, 2.45) is 0 Å². The molecule has 0 rings (SSSR count). The summed E-state index contributed by atoms with van der Waals surface area (Å²) in [4.78, 5) is 0. The van der Waals surface area contributed by atoms with Crippen molar-refractivity contribution in [3.8, 4) is 0 Å². The summed E-state index contributed by atoms with van der Waals surface area (Å²) in [5.41, 5.74) is -5.65. The molecule has 0 aromatic heterocycles. The first-order valence-corrected chi connectivity index (χ1v) is 11.9. The predicted molar refractivity (Wildman–Crippen MR) is 70.4 cm³/mol. The van der Waals surface area contributed by atoms with Crippen molar-refractivity contribution in [2.45, 2.75) is 37.5 Å². The van der Waals surface area contributed by atoms with Gasteiger partial charge in [-0.15, -0.1) is 4.13 Å². The molecule has 20 heavy (non-hydrogen) atoms. The van der Waals surface area contributed by atoms with Crippen molar-refractivity contribution in [1.29, 1.82) is 0 Å². The third-order valence-corrected chi connectivity index (χ3v) is 8.53. The Kier molecular flexibility index (Phi) is 6.67. The molecule has 0 fully saturated rings. The van der Waals surface area contributed by atoms with Gasteiger partial charge in [0.2, 0.25) is 10.0 Å². The van der Waals surface area contributed by atoms with Crippen LogP contribution in [0.2, 0.25) is 19.1 Å². The van der Waals surface area contributed by atoms with Gasteiger partial charge in [-0.3, -0.25) is 0 Å². The maximum absolute atomic E-state index is 12.0. The Bertz CT molecular complexity index is 515. The molecule has 0 heterocycles. The summed E-state index contributed by atoms with van der Waals surface area (Å²) in [5.74, 6) is -0.684. The van der Waals surface area contributed by atoms with Gasteiger partial charge in [-0.25, -0.2) is 16.8 Å². The molecule has 0 aromatic carbocycles. The number of halogens is 3. The van der Waals surface area contributed by atoms with Crippen molar-refractivity contribution < 1.29 is 34.4 Å². The number of hydrogen-bond donors (Lipinski definition) is 1. The lowest BCUT2D eigenvalue weighted by Gasteiger charge is -2.19. The molecule has 0 spiro atoms. The number of sulfonamides is 2. The molecule has 6 nitrogen and oxygen atoms in total. The number of nitrogens with one attached hydrogen (secondary N) is 1. The lowest BCUT2D eigenvalue weighted by Crippen LogP contribution is -2.41. The summed E-state index contributed by atoms with van der Waals surface area (Å²) < 4.78 is 85.9. The van der Waals surface area contributed by atoms with E-state index in [1.807, 2.05) is 13.1 Å². The highest BCUT2D eigenvalue weighted by Crippen LogP contribution is 2.22. The maximum Gasteiger partial charge on any atom is 0.512 e. The molecule has 0 aliphatic heterocycles. The molecule has 0 aromatic rings. The van der Waals surface area contributed by atoms with E-state index in [9.17, 15) is 30.0 Å². The molecule has 0 aliphatic carbocycles. The van der Waals surface area contributed by atoms with Crippen molar-refractivity contribution in [2.75, 3.05) is 12.9 Å². The topological polar surface area (TPSA) is 89.5 Å². The number of alkyl halides is 3. The summed E-state index contributed by atoms with van der Waals surface area (Å²) in [6.07, 6.45) is 0.489. The third-order valence-electron chi connectivity index (χ3n) is 2.54. The van der Waals surface area contributed by atoms with Gasteiger partial charge in [0, 0.05) is 7.11 Å². The molecule has 1 N–H and O–H groups in total. The maximum atomic E-state index is 12.0.